The van der Waals surface area contributed by atoms with E-state index in [1.54, 1.807) is 26.0 Å². The highest BCUT2D eigenvalue weighted by atomic mass is 32.2. The van der Waals surface area contributed by atoms with Crippen LogP contribution in [0.25, 0.3) is 0 Å². The summed E-state index contributed by atoms with van der Waals surface area (Å²) >= 11 is 0. The lowest BCUT2D eigenvalue weighted by Gasteiger charge is -2.12. The van der Waals surface area contributed by atoms with Crippen LogP contribution in [0.15, 0.2) is 29.2 Å². The number of carbonyl (C=O) groups is 1. The fraction of sp³-hybridized carbons (Fsp3) is 0.364. The number of hydrogen-bond donors (Lipinski definition) is 2. The molecule has 6 heteroatoms. The second-order valence-corrected chi connectivity index (χ2v) is 5.45. The molecule has 0 aliphatic heterocycles. The number of benzene rings is 1. The zero-order valence-electron chi connectivity index (χ0n) is 9.67. The summed E-state index contributed by atoms with van der Waals surface area (Å²) in [4.78, 5) is 10.9. The van der Waals surface area contributed by atoms with Gasteiger partial charge in [0, 0.05) is 0 Å². The molecule has 0 aromatic heterocycles. The van der Waals surface area contributed by atoms with Crippen LogP contribution in [0, 0.1) is 6.92 Å². The maximum Gasteiger partial charge on any atom is 0.321 e. The standard InChI is InChI=1S/C11H15NO4S/c1-3-10(11(13)14)12-17(15,16)9-6-4-5-8(2)7-9/h4-7,10,12H,3H2,1-2H3,(H,13,14)/t10-/m0/s1. The lowest BCUT2D eigenvalue weighted by atomic mass is 10.2. The molecule has 5 nitrogen and oxygen atoms in total. The molecule has 0 aliphatic carbocycles. The predicted octanol–water partition coefficient (Wildman–Crippen LogP) is 1.14. The zero-order chi connectivity index (χ0) is 13.1. The number of carboxylic acids is 1. The van der Waals surface area contributed by atoms with E-state index in [4.69, 9.17) is 5.11 Å². The molecule has 0 heterocycles. The van der Waals surface area contributed by atoms with Crippen molar-refractivity contribution in [1.82, 2.24) is 4.72 Å². The molecule has 0 radical (unpaired) electrons. The van der Waals surface area contributed by atoms with Crippen molar-refractivity contribution in [3.8, 4) is 0 Å². The van der Waals surface area contributed by atoms with Gasteiger partial charge in [0.05, 0.1) is 4.90 Å². The third-order valence-corrected chi connectivity index (χ3v) is 3.77. The first-order valence-electron chi connectivity index (χ1n) is 5.18. The zero-order valence-corrected chi connectivity index (χ0v) is 10.5. The SMILES string of the molecule is CC[C@H](NS(=O)(=O)c1cccc(C)c1)C(=O)O. The quantitative estimate of drug-likeness (QED) is 0.828. The highest BCUT2D eigenvalue weighted by Gasteiger charge is 2.23. The van der Waals surface area contributed by atoms with E-state index in [0.29, 0.717) is 0 Å². The van der Waals surface area contributed by atoms with Crippen molar-refractivity contribution in [2.45, 2.75) is 31.2 Å². The summed E-state index contributed by atoms with van der Waals surface area (Å²) in [6, 6.07) is 5.22. The summed E-state index contributed by atoms with van der Waals surface area (Å²) in [5, 5.41) is 8.81. The fourth-order valence-corrected chi connectivity index (χ4v) is 2.72. The van der Waals surface area contributed by atoms with Crippen LogP contribution in [-0.2, 0) is 14.8 Å². The van der Waals surface area contributed by atoms with Crippen molar-refractivity contribution in [3.05, 3.63) is 29.8 Å². The van der Waals surface area contributed by atoms with Gasteiger partial charge in [0.2, 0.25) is 10.0 Å². The van der Waals surface area contributed by atoms with E-state index in [-0.39, 0.29) is 11.3 Å². The van der Waals surface area contributed by atoms with Gasteiger partial charge in [-0.1, -0.05) is 19.1 Å². The molecule has 2 N–H and O–H groups in total. The Morgan fingerprint density at radius 2 is 2.12 bits per heavy atom. The average molecular weight is 257 g/mol. The van der Waals surface area contributed by atoms with E-state index in [2.05, 4.69) is 4.72 Å². The van der Waals surface area contributed by atoms with Gasteiger partial charge >= 0.3 is 5.97 Å². The van der Waals surface area contributed by atoms with E-state index >= 15 is 0 Å². The van der Waals surface area contributed by atoms with E-state index in [1.165, 1.54) is 12.1 Å². The molecule has 0 fully saturated rings. The van der Waals surface area contributed by atoms with E-state index < -0.39 is 22.0 Å². The van der Waals surface area contributed by atoms with Crippen molar-refractivity contribution >= 4 is 16.0 Å². The van der Waals surface area contributed by atoms with Crippen LogP contribution in [0.5, 0.6) is 0 Å². The smallest absolute Gasteiger partial charge is 0.321 e. The van der Waals surface area contributed by atoms with Crippen molar-refractivity contribution in [3.63, 3.8) is 0 Å². The Labute approximate surface area is 101 Å². The third-order valence-electron chi connectivity index (χ3n) is 2.30. The molecule has 1 atom stereocenters. The Morgan fingerprint density at radius 3 is 2.59 bits per heavy atom. The lowest BCUT2D eigenvalue weighted by molar-refractivity contribution is -0.139. The number of nitrogens with one attached hydrogen (secondary N) is 1. The lowest BCUT2D eigenvalue weighted by Crippen LogP contribution is -2.40. The highest BCUT2D eigenvalue weighted by molar-refractivity contribution is 7.89. The molecule has 1 rings (SSSR count). The molecular weight excluding hydrogens is 242 g/mol. The maximum atomic E-state index is 11.9. The Hall–Kier alpha value is -1.40. The van der Waals surface area contributed by atoms with Gasteiger partial charge in [-0.15, -0.1) is 0 Å². The molecular formula is C11H15NO4S. The molecule has 1 aromatic carbocycles. The van der Waals surface area contributed by atoms with Crippen molar-refractivity contribution in [2.75, 3.05) is 0 Å². The first kappa shape index (κ1) is 13.7. The molecule has 0 saturated carbocycles. The Kier molecular flexibility index (Phi) is 4.25. The van der Waals surface area contributed by atoms with Gasteiger partial charge in [-0.05, 0) is 31.0 Å². The van der Waals surface area contributed by atoms with Crippen LogP contribution >= 0.6 is 0 Å². The Bertz CT molecular complexity index is 510. The minimum atomic E-state index is -3.77. The van der Waals surface area contributed by atoms with Gasteiger partial charge in [-0.25, -0.2) is 8.42 Å². The summed E-state index contributed by atoms with van der Waals surface area (Å²) in [6.07, 6.45) is 0.195. The van der Waals surface area contributed by atoms with Gasteiger partial charge in [-0.2, -0.15) is 4.72 Å². The monoisotopic (exact) mass is 257 g/mol. The van der Waals surface area contributed by atoms with Crippen molar-refractivity contribution in [2.24, 2.45) is 0 Å². The fourth-order valence-electron chi connectivity index (χ4n) is 1.35. The van der Waals surface area contributed by atoms with Gasteiger partial charge in [0.15, 0.2) is 0 Å². The molecule has 0 unspecified atom stereocenters. The van der Waals surface area contributed by atoms with Crippen LogP contribution < -0.4 is 4.72 Å². The Morgan fingerprint density at radius 1 is 1.47 bits per heavy atom. The first-order chi connectivity index (χ1) is 7.86. The molecule has 94 valence electrons. The molecule has 0 saturated heterocycles. The minimum absolute atomic E-state index is 0.0807. The van der Waals surface area contributed by atoms with Crippen molar-refractivity contribution in [1.29, 1.82) is 0 Å². The topological polar surface area (TPSA) is 83.5 Å². The molecule has 1 aromatic rings. The normalized spacial score (nSPS) is 13.3. The van der Waals surface area contributed by atoms with Gasteiger partial charge in [-0.3, -0.25) is 4.79 Å². The number of aliphatic carboxylic acids is 1. The van der Waals surface area contributed by atoms with Crippen LogP contribution in [0.2, 0.25) is 0 Å². The van der Waals surface area contributed by atoms with Crippen molar-refractivity contribution < 1.29 is 18.3 Å². The summed E-state index contributed by atoms with van der Waals surface area (Å²) < 4.78 is 25.9. The van der Waals surface area contributed by atoms with E-state index in [1.807, 2.05) is 0 Å². The summed E-state index contributed by atoms with van der Waals surface area (Å²) in [7, 11) is -3.77. The van der Waals surface area contributed by atoms with Crippen LogP contribution in [0.4, 0.5) is 0 Å². The van der Waals surface area contributed by atoms with Gasteiger partial charge in [0.25, 0.3) is 0 Å². The molecule has 17 heavy (non-hydrogen) atoms. The number of hydrogen-bond acceptors (Lipinski definition) is 3. The third kappa shape index (κ3) is 3.54. The van der Waals surface area contributed by atoms with Crippen LogP contribution in [0.3, 0.4) is 0 Å². The van der Waals surface area contributed by atoms with Crippen LogP contribution in [-0.4, -0.2) is 25.5 Å². The number of carboxylic acid groups (broad SMARTS) is 1. The number of sulfonamides is 1. The first-order valence-corrected chi connectivity index (χ1v) is 6.67. The second-order valence-electron chi connectivity index (χ2n) is 3.74. The Balaban J connectivity index is 3.00. The van der Waals surface area contributed by atoms with Crippen LogP contribution in [0.1, 0.15) is 18.9 Å². The number of rotatable bonds is 5. The number of aryl methyl sites for hydroxylation is 1. The second kappa shape index (κ2) is 5.29. The maximum absolute atomic E-state index is 11.9. The summed E-state index contributed by atoms with van der Waals surface area (Å²) in [5.41, 5.74) is 0.802. The largest absolute Gasteiger partial charge is 0.480 e. The summed E-state index contributed by atoms with van der Waals surface area (Å²) in [5.74, 6) is -1.18. The molecule has 0 aliphatic rings. The van der Waals surface area contributed by atoms with E-state index in [9.17, 15) is 13.2 Å². The van der Waals surface area contributed by atoms with Gasteiger partial charge < -0.3 is 5.11 Å². The molecule has 0 bridgehead atoms. The minimum Gasteiger partial charge on any atom is -0.480 e. The predicted molar refractivity (Wildman–Crippen MR) is 63.2 cm³/mol. The highest BCUT2D eigenvalue weighted by Crippen LogP contribution is 2.11. The average Bonchev–Trinajstić information content (AvgIpc) is 2.25. The molecule has 0 spiro atoms. The molecule has 0 amide bonds. The van der Waals surface area contributed by atoms with E-state index in [0.717, 1.165) is 5.56 Å². The van der Waals surface area contributed by atoms with Gasteiger partial charge in [0.1, 0.15) is 6.04 Å². The summed E-state index contributed by atoms with van der Waals surface area (Å²) in [6.45, 7) is 3.38.